The van der Waals surface area contributed by atoms with Crippen LogP contribution in [0.25, 0.3) is 16.9 Å². The second-order valence-electron chi connectivity index (χ2n) is 7.59. The van der Waals surface area contributed by atoms with E-state index < -0.39 is 11.9 Å². The zero-order chi connectivity index (χ0) is 21.8. The lowest BCUT2D eigenvalue weighted by atomic mass is 10.1. The number of benzene rings is 1. The van der Waals surface area contributed by atoms with Crippen LogP contribution in [0.2, 0.25) is 0 Å². The molecule has 0 aliphatic carbocycles. The normalized spacial score (nSPS) is 18.6. The Bertz CT molecular complexity index is 1190. The van der Waals surface area contributed by atoms with Crippen LogP contribution in [0.4, 0.5) is 13.2 Å². The fourth-order valence-electron chi connectivity index (χ4n) is 4.07. The number of piperazine rings is 1. The molecule has 1 amide bonds. The van der Waals surface area contributed by atoms with Crippen molar-refractivity contribution in [2.45, 2.75) is 18.6 Å². The van der Waals surface area contributed by atoms with E-state index >= 15 is 0 Å². The lowest BCUT2D eigenvalue weighted by Gasteiger charge is -2.38. The van der Waals surface area contributed by atoms with Gasteiger partial charge in [-0.05, 0) is 30.8 Å². The highest BCUT2D eigenvalue weighted by molar-refractivity contribution is 9.10. The molecular formula is C21H17BrF3N5O. The molecule has 160 valence electrons. The Morgan fingerprint density at radius 3 is 2.68 bits per heavy atom. The summed E-state index contributed by atoms with van der Waals surface area (Å²) in [6, 6.07) is 7.97. The van der Waals surface area contributed by atoms with E-state index in [-0.39, 0.29) is 28.9 Å². The van der Waals surface area contributed by atoms with Gasteiger partial charge in [0.1, 0.15) is 5.56 Å². The quantitative estimate of drug-likeness (QED) is 0.538. The van der Waals surface area contributed by atoms with Gasteiger partial charge in [-0.15, -0.1) is 0 Å². The van der Waals surface area contributed by atoms with Gasteiger partial charge < -0.3 is 9.80 Å². The van der Waals surface area contributed by atoms with E-state index in [1.165, 1.54) is 6.20 Å². The number of hydrogen-bond donors (Lipinski definition) is 0. The molecule has 0 spiro atoms. The maximum Gasteiger partial charge on any atom is 0.433 e. The topological polar surface area (TPSA) is 53.7 Å². The zero-order valence-corrected chi connectivity index (χ0v) is 17.8. The van der Waals surface area contributed by atoms with E-state index in [1.807, 2.05) is 6.20 Å². The Balaban J connectivity index is 1.58. The molecule has 0 saturated carbocycles. The van der Waals surface area contributed by atoms with Crippen molar-refractivity contribution in [1.29, 1.82) is 0 Å². The van der Waals surface area contributed by atoms with Crippen LogP contribution >= 0.6 is 15.9 Å². The van der Waals surface area contributed by atoms with E-state index in [0.29, 0.717) is 29.7 Å². The third kappa shape index (κ3) is 3.58. The molecule has 1 atom stereocenters. The number of nitrogens with zero attached hydrogens (tertiary/aromatic N) is 5. The van der Waals surface area contributed by atoms with Gasteiger partial charge in [0.05, 0.1) is 11.9 Å². The van der Waals surface area contributed by atoms with Crippen molar-refractivity contribution >= 4 is 27.5 Å². The van der Waals surface area contributed by atoms with Gasteiger partial charge in [0.2, 0.25) is 0 Å². The summed E-state index contributed by atoms with van der Waals surface area (Å²) < 4.78 is 42.9. The molecular weight excluding hydrogens is 475 g/mol. The summed E-state index contributed by atoms with van der Waals surface area (Å²) in [4.78, 5) is 21.5. The van der Waals surface area contributed by atoms with Crippen LogP contribution < -0.4 is 0 Å². The number of hydrogen-bond acceptors (Lipinski definition) is 4. The molecule has 0 radical (unpaired) electrons. The first-order chi connectivity index (χ1) is 14.8. The second kappa shape index (κ2) is 7.37. The minimum atomic E-state index is -4.65. The largest absolute Gasteiger partial charge is 0.433 e. The third-order valence-corrected chi connectivity index (χ3v) is 6.18. The van der Waals surface area contributed by atoms with Crippen LogP contribution in [0.15, 0.2) is 53.3 Å². The van der Waals surface area contributed by atoms with Crippen molar-refractivity contribution in [3.8, 4) is 11.3 Å². The number of alkyl halides is 3. The van der Waals surface area contributed by atoms with Gasteiger partial charge in [0, 0.05) is 35.7 Å². The Labute approximate surface area is 184 Å². The Morgan fingerprint density at radius 1 is 1.16 bits per heavy atom. The molecule has 2 aromatic heterocycles. The molecule has 2 aliphatic heterocycles. The summed E-state index contributed by atoms with van der Waals surface area (Å²) in [5.41, 5.74) is -0.346. The highest BCUT2D eigenvalue weighted by Crippen LogP contribution is 2.33. The van der Waals surface area contributed by atoms with Gasteiger partial charge in [-0.2, -0.15) is 18.3 Å². The number of carbonyl (C=O) groups excluding carboxylic acids is 1. The van der Waals surface area contributed by atoms with Crippen molar-refractivity contribution < 1.29 is 18.0 Å². The fraction of sp³-hybridized carbons (Fsp3) is 0.286. The van der Waals surface area contributed by atoms with E-state index in [1.54, 1.807) is 29.2 Å². The molecule has 1 fully saturated rings. The van der Waals surface area contributed by atoms with Gasteiger partial charge in [-0.25, -0.2) is 9.50 Å². The molecule has 31 heavy (non-hydrogen) atoms. The summed E-state index contributed by atoms with van der Waals surface area (Å²) in [5.74, 6) is -0.352. The Morgan fingerprint density at radius 2 is 1.94 bits per heavy atom. The van der Waals surface area contributed by atoms with Crippen molar-refractivity contribution in [1.82, 2.24) is 24.4 Å². The van der Waals surface area contributed by atoms with Crippen LogP contribution in [0.1, 0.15) is 22.5 Å². The predicted molar refractivity (Wildman–Crippen MR) is 111 cm³/mol. The SMILES string of the molecule is O=C(c1cnn2c(C(F)(F)F)cc(-c3ccc(Br)cc3)nc12)N1CCN2C=CCC2C1. The molecule has 3 aromatic rings. The smallest absolute Gasteiger partial charge is 0.371 e. The maximum atomic E-state index is 13.8. The van der Waals surface area contributed by atoms with E-state index in [0.717, 1.165) is 17.0 Å². The highest BCUT2D eigenvalue weighted by Gasteiger charge is 2.37. The lowest BCUT2D eigenvalue weighted by Crippen LogP contribution is -2.51. The predicted octanol–water partition coefficient (Wildman–Crippen LogP) is 4.22. The summed E-state index contributed by atoms with van der Waals surface area (Å²) in [6.45, 7) is 1.70. The van der Waals surface area contributed by atoms with Crippen molar-refractivity contribution in [3.63, 3.8) is 0 Å². The summed E-state index contributed by atoms with van der Waals surface area (Å²) in [6.07, 6.45) is 1.48. The number of fused-ring (bicyclic) bond motifs is 2. The number of rotatable bonds is 2. The first-order valence-corrected chi connectivity index (χ1v) is 10.5. The van der Waals surface area contributed by atoms with Crippen LogP contribution in [-0.4, -0.2) is 56.0 Å². The molecule has 1 unspecified atom stereocenters. The average molecular weight is 492 g/mol. The van der Waals surface area contributed by atoms with Gasteiger partial charge in [-0.3, -0.25) is 4.79 Å². The molecule has 0 bridgehead atoms. The standard InChI is InChI=1S/C21H17BrF3N5O/c22-14-5-3-13(4-6-14)17-10-18(21(23,24)25)30-19(27-17)16(11-26-30)20(31)29-9-8-28-7-1-2-15(28)12-29/h1,3-7,10-11,15H,2,8-9,12H2. The maximum absolute atomic E-state index is 13.8. The van der Waals surface area contributed by atoms with E-state index in [2.05, 4.69) is 37.0 Å². The van der Waals surface area contributed by atoms with Crippen LogP contribution in [0.5, 0.6) is 0 Å². The Hall–Kier alpha value is -2.88. The molecule has 0 N–H and O–H groups in total. The number of amides is 1. The molecule has 1 aromatic carbocycles. The average Bonchev–Trinajstić information content (AvgIpc) is 3.38. The van der Waals surface area contributed by atoms with E-state index in [4.69, 9.17) is 0 Å². The number of halogens is 4. The molecule has 2 aliphatic rings. The van der Waals surface area contributed by atoms with Crippen LogP contribution in [0, 0.1) is 0 Å². The third-order valence-electron chi connectivity index (χ3n) is 5.65. The summed E-state index contributed by atoms with van der Waals surface area (Å²) in [7, 11) is 0. The lowest BCUT2D eigenvalue weighted by molar-refractivity contribution is -0.142. The second-order valence-corrected chi connectivity index (χ2v) is 8.50. The zero-order valence-electron chi connectivity index (χ0n) is 16.2. The minimum absolute atomic E-state index is 0.0730. The van der Waals surface area contributed by atoms with Crippen LogP contribution in [-0.2, 0) is 6.18 Å². The van der Waals surface area contributed by atoms with Gasteiger partial charge in [0.25, 0.3) is 5.91 Å². The monoisotopic (exact) mass is 491 g/mol. The van der Waals surface area contributed by atoms with Crippen LogP contribution in [0.3, 0.4) is 0 Å². The molecule has 4 heterocycles. The molecule has 10 heteroatoms. The summed E-state index contributed by atoms with van der Waals surface area (Å²) in [5, 5.41) is 3.87. The number of aromatic nitrogens is 3. The first-order valence-electron chi connectivity index (χ1n) is 9.75. The Kier molecular flexibility index (Phi) is 4.76. The van der Waals surface area contributed by atoms with Gasteiger partial charge in [0.15, 0.2) is 11.3 Å². The first kappa shape index (κ1) is 20.0. The van der Waals surface area contributed by atoms with Crippen molar-refractivity contribution in [2.75, 3.05) is 19.6 Å². The highest BCUT2D eigenvalue weighted by atomic mass is 79.9. The van der Waals surface area contributed by atoms with Crippen molar-refractivity contribution in [3.05, 3.63) is 64.5 Å². The summed E-state index contributed by atoms with van der Waals surface area (Å²) >= 11 is 3.32. The fourth-order valence-corrected chi connectivity index (χ4v) is 4.33. The minimum Gasteiger partial charge on any atom is -0.371 e. The van der Waals surface area contributed by atoms with Crippen molar-refractivity contribution in [2.24, 2.45) is 0 Å². The molecule has 1 saturated heterocycles. The molecule has 6 nitrogen and oxygen atoms in total. The number of carbonyl (C=O) groups is 1. The van der Waals surface area contributed by atoms with Gasteiger partial charge >= 0.3 is 6.18 Å². The van der Waals surface area contributed by atoms with Gasteiger partial charge in [-0.1, -0.05) is 34.1 Å². The molecule has 5 rings (SSSR count). The van der Waals surface area contributed by atoms with E-state index in [9.17, 15) is 18.0 Å².